The van der Waals surface area contributed by atoms with E-state index in [1.54, 1.807) is 14.0 Å². The molecule has 34 heavy (non-hydrogen) atoms. The van der Waals surface area contributed by atoms with E-state index in [-0.39, 0.29) is 17.6 Å². The highest BCUT2D eigenvalue weighted by molar-refractivity contribution is 8.00. The van der Waals surface area contributed by atoms with E-state index in [0.29, 0.717) is 17.2 Å². The average Bonchev–Trinajstić information content (AvgIpc) is 3.20. The fraction of sp³-hybridized carbons (Fsp3) is 0.308. The lowest BCUT2D eigenvalue weighted by Crippen LogP contribution is -2.30. The Hall–Kier alpha value is -2.81. The average molecular weight is 497 g/mol. The van der Waals surface area contributed by atoms with Gasteiger partial charge in [-0.05, 0) is 48.7 Å². The van der Waals surface area contributed by atoms with Crippen LogP contribution in [0.4, 0.5) is 5.00 Å². The molecule has 0 fully saturated rings. The third kappa shape index (κ3) is 6.00. The molecule has 8 heteroatoms. The highest BCUT2D eigenvalue weighted by Crippen LogP contribution is 2.38. The van der Waals surface area contributed by atoms with Gasteiger partial charge in [0.15, 0.2) is 0 Å². The van der Waals surface area contributed by atoms with Gasteiger partial charge in [-0.1, -0.05) is 30.3 Å². The van der Waals surface area contributed by atoms with E-state index in [1.165, 1.54) is 28.7 Å². The number of hydrogen-bond donors (Lipinski definition) is 1. The first-order valence-corrected chi connectivity index (χ1v) is 13.0. The Morgan fingerprint density at radius 3 is 2.59 bits per heavy atom. The second-order valence-corrected chi connectivity index (χ2v) is 10.0. The number of benzene rings is 2. The first-order chi connectivity index (χ1) is 16.6. The van der Waals surface area contributed by atoms with Gasteiger partial charge in [-0.25, -0.2) is 4.79 Å². The highest BCUT2D eigenvalue weighted by atomic mass is 32.2. The van der Waals surface area contributed by atoms with Crippen molar-refractivity contribution in [1.82, 2.24) is 4.90 Å². The number of ether oxygens (including phenoxy) is 2. The van der Waals surface area contributed by atoms with E-state index in [0.717, 1.165) is 47.1 Å². The van der Waals surface area contributed by atoms with Gasteiger partial charge < -0.3 is 14.8 Å². The lowest BCUT2D eigenvalue weighted by Gasteiger charge is -2.27. The molecule has 2 heterocycles. The molecule has 178 valence electrons. The molecule has 2 aromatic carbocycles. The quantitative estimate of drug-likeness (QED) is 0.324. The van der Waals surface area contributed by atoms with Gasteiger partial charge in [-0.15, -0.1) is 23.1 Å². The van der Waals surface area contributed by atoms with Crippen LogP contribution in [0.2, 0.25) is 0 Å². The van der Waals surface area contributed by atoms with Crippen LogP contribution >= 0.6 is 23.1 Å². The second-order valence-electron chi connectivity index (χ2n) is 7.89. The third-order valence-electron chi connectivity index (χ3n) is 5.55. The number of nitrogens with one attached hydrogen (secondary N) is 1. The smallest absolute Gasteiger partial charge is 0.341 e. The molecule has 1 aromatic heterocycles. The minimum atomic E-state index is -0.366. The predicted molar refractivity (Wildman–Crippen MR) is 137 cm³/mol. The summed E-state index contributed by atoms with van der Waals surface area (Å²) in [6.07, 6.45) is 0.753. The summed E-state index contributed by atoms with van der Waals surface area (Å²) < 4.78 is 10.5. The van der Waals surface area contributed by atoms with Gasteiger partial charge in [0.25, 0.3) is 0 Å². The molecule has 1 N–H and O–H groups in total. The molecule has 4 rings (SSSR count). The summed E-state index contributed by atoms with van der Waals surface area (Å²) in [6, 6.07) is 17.9. The summed E-state index contributed by atoms with van der Waals surface area (Å²) in [6.45, 7) is 4.54. The van der Waals surface area contributed by atoms with Gasteiger partial charge in [0.1, 0.15) is 10.8 Å². The van der Waals surface area contributed by atoms with Crippen molar-refractivity contribution in [3.05, 3.63) is 76.2 Å². The Kier molecular flexibility index (Phi) is 8.26. The van der Waals surface area contributed by atoms with Crippen molar-refractivity contribution in [2.75, 3.05) is 31.3 Å². The van der Waals surface area contributed by atoms with Gasteiger partial charge in [-0.2, -0.15) is 0 Å². The monoisotopic (exact) mass is 496 g/mol. The molecule has 0 bridgehead atoms. The van der Waals surface area contributed by atoms with Gasteiger partial charge in [0.2, 0.25) is 5.91 Å². The Balaban J connectivity index is 1.46. The maximum Gasteiger partial charge on any atom is 0.341 e. The zero-order chi connectivity index (χ0) is 23.9. The van der Waals surface area contributed by atoms with Crippen molar-refractivity contribution in [3.8, 4) is 5.75 Å². The summed E-state index contributed by atoms with van der Waals surface area (Å²) in [5, 5.41) is 3.57. The van der Waals surface area contributed by atoms with Crippen molar-refractivity contribution in [1.29, 1.82) is 0 Å². The van der Waals surface area contributed by atoms with Gasteiger partial charge in [0, 0.05) is 29.4 Å². The molecule has 1 amide bonds. The van der Waals surface area contributed by atoms with Crippen molar-refractivity contribution in [3.63, 3.8) is 0 Å². The highest BCUT2D eigenvalue weighted by Gasteiger charge is 2.29. The van der Waals surface area contributed by atoms with Crippen LogP contribution in [0.1, 0.15) is 33.3 Å². The maximum atomic E-state index is 12.8. The summed E-state index contributed by atoms with van der Waals surface area (Å²) in [5.41, 5.74) is 2.78. The third-order valence-corrected chi connectivity index (χ3v) is 7.69. The summed E-state index contributed by atoms with van der Waals surface area (Å²) in [5.74, 6) is 0.510. The van der Waals surface area contributed by atoms with Crippen LogP contribution < -0.4 is 10.1 Å². The molecule has 0 spiro atoms. The molecule has 0 aliphatic carbocycles. The van der Waals surface area contributed by atoms with E-state index in [1.807, 2.05) is 42.5 Å². The number of methoxy groups -OCH3 is 1. The van der Waals surface area contributed by atoms with Gasteiger partial charge >= 0.3 is 5.97 Å². The van der Waals surface area contributed by atoms with Crippen LogP contribution in [0.25, 0.3) is 0 Å². The van der Waals surface area contributed by atoms with E-state index in [9.17, 15) is 9.59 Å². The number of amides is 1. The summed E-state index contributed by atoms with van der Waals surface area (Å²) in [4.78, 5) is 30.0. The van der Waals surface area contributed by atoms with Crippen LogP contribution in [-0.2, 0) is 29.0 Å². The van der Waals surface area contributed by atoms with E-state index >= 15 is 0 Å². The fourth-order valence-corrected chi connectivity index (χ4v) is 5.92. The molecule has 6 nitrogen and oxygen atoms in total. The fourth-order valence-electron chi connectivity index (χ4n) is 3.92. The molecule has 0 unspecified atom stereocenters. The number of rotatable bonds is 9. The number of fused-ring (bicyclic) bond motifs is 1. The molecule has 1 aliphatic rings. The normalized spacial score (nSPS) is 13.2. The number of anilines is 1. The standard InChI is InChI=1S/C26H28N2O4S2/c1-3-32-26(30)24-21-13-14-28(15-18-7-5-4-6-8-18)16-22(21)34-25(24)27-23(29)17-33-20-11-9-19(31-2)10-12-20/h4-12H,3,13-17H2,1-2H3,(H,27,29). The molecule has 0 saturated heterocycles. The van der Waals surface area contributed by atoms with Crippen LogP contribution in [0.15, 0.2) is 59.5 Å². The number of nitrogens with zero attached hydrogens (tertiary/aromatic N) is 1. The van der Waals surface area contributed by atoms with Crippen LogP contribution in [-0.4, -0.2) is 42.8 Å². The molecule has 0 saturated carbocycles. The van der Waals surface area contributed by atoms with Gasteiger partial charge in [0.05, 0.1) is 25.0 Å². The molecule has 0 atom stereocenters. The number of thioether (sulfide) groups is 1. The molecular weight excluding hydrogens is 468 g/mol. The Labute approximate surface area is 208 Å². The number of carbonyl (C=O) groups is 2. The number of thiophene rings is 1. The Bertz CT molecular complexity index is 1130. The Morgan fingerprint density at radius 1 is 1.12 bits per heavy atom. The first kappa shape index (κ1) is 24.3. The number of hydrogen-bond acceptors (Lipinski definition) is 7. The van der Waals surface area contributed by atoms with Crippen molar-refractivity contribution in [2.24, 2.45) is 0 Å². The number of carbonyl (C=O) groups excluding carboxylic acids is 2. The van der Waals surface area contributed by atoms with Crippen molar-refractivity contribution >= 4 is 40.0 Å². The second kappa shape index (κ2) is 11.6. The topological polar surface area (TPSA) is 67.9 Å². The summed E-state index contributed by atoms with van der Waals surface area (Å²) in [7, 11) is 1.62. The van der Waals surface area contributed by atoms with E-state index in [4.69, 9.17) is 9.47 Å². The predicted octanol–water partition coefficient (Wildman–Crippen LogP) is 5.22. The molecule has 1 aliphatic heterocycles. The number of esters is 1. The molecule has 0 radical (unpaired) electrons. The minimum absolute atomic E-state index is 0.147. The van der Waals surface area contributed by atoms with Crippen molar-refractivity contribution in [2.45, 2.75) is 31.3 Å². The van der Waals surface area contributed by atoms with E-state index in [2.05, 4.69) is 22.3 Å². The van der Waals surface area contributed by atoms with Crippen LogP contribution in [0.5, 0.6) is 5.75 Å². The largest absolute Gasteiger partial charge is 0.497 e. The lowest BCUT2D eigenvalue weighted by atomic mass is 10.0. The van der Waals surface area contributed by atoms with E-state index < -0.39 is 0 Å². The summed E-state index contributed by atoms with van der Waals surface area (Å²) >= 11 is 2.93. The Morgan fingerprint density at radius 2 is 1.88 bits per heavy atom. The van der Waals surface area contributed by atoms with Crippen molar-refractivity contribution < 1.29 is 19.1 Å². The zero-order valence-corrected chi connectivity index (χ0v) is 21.0. The van der Waals surface area contributed by atoms with Crippen LogP contribution in [0, 0.1) is 0 Å². The SMILES string of the molecule is CCOC(=O)c1c(NC(=O)CSc2ccc(OC)cc2)sc2c1CCN(Cc1ccccc1)C2. The van der Waals surface area contributed by atoms with Crippen LogP contribution in [0.3, 0.4) is 0 Å². The maximum absolute atomic E-state index is 12.8. The zero-order valence-electron chi connectivity index (χ0n) is 19.3. The first-order valence-electron chi connectivity index (χ1n) is 11.2. The molecule has 3 aromatic rings. The molecular formula is C26H28N2O4S2. The lowest BCUT2D eigenvalue weighted by molar-refractivity contribution is -0.113. The van der Waals surface area contributed by atoms with Gasteiger partial charge in [-0.3, -0.25) is 9.69 Å². The minimum Gasteiger partial charge on any atom is -0.497 e.